The number of unbranched alkanes of at least 4 members (excludes halogenated alkanes) is 1. The molecule has 6 heterocycles. The largest absolute Gasteiger partial charge is 0.463 e. The zero-order valence-electron chi connectivity index (χ0n) is 31.9. The summed E-state index contributed by atoms with van der Waals surface area (Å²) in [5, 5.41) is 9.57. The van der Waals surface area contributed by atoms with Gasteiger partial charge in [-0.1, -0.05) is 6.42 Å². The van der Waals surface area contributed by atoms with Gasteiger partial charge >= 0.3 is 12.0 Å². The minimum atomic E-state index is -0.382. The van der Waals surface area contributed by atoms with E-state index in [4.69, 9.17) is 33.3 Å². The minimum absolute atomic E-state index is 0.0708. The van der Waals surface area contributed by atoms with Crippen LogP contribution < -0.4 is 20.9 Å². The molecule has 0 bridgehead atoms. The highest BCUT2D eigenvalue weighted by atomic mass is 32.2. The van der Waals surface area contributed by atoms with Gasteiger partial charge in [0.2, 0.25) is 5.95 Å². The first kappa shape index (κ1) is 41.6. The highest BCUT2D eigenvalue weighted by Gasteiger charge is 2.42. The van der Waals surface area contributed by atoms with Gasteiger partial charge in [-0.25, -0.2) is 24.7 Å². The van der Waals surface area contributed by atoms with Gasteiger partial charge < -0.3 is 44.2 Å². The fourth-order valence-electron chi connectivity index (χ4n) is 6.57. The van der Waals surface area contributed by atoms with Gasteiger partial charge in [0, 0.05) is 56.3 Å². The molecule has 56 heavy (non-hydrogen) atoms. The molecular formula is C37H51N9O8S2. The van der Waals surface area contributed by atoms with E-state index < -0.39 is 0 Å². The molecule has 0 spiro atoms. The van der Waals surface area contributed by atoms with Crippen LogP contribution in [0.5, 0.6) is 0 Å². The van der Waals surface area contributed by atoms with Gasteiger partial charge in [-0.3, -0.25) is 14.5 Å². The number of nitrogens with zero attached hydrogens (tertiary/aromatic N) is 6. The number of anilines is 2. The van der Waals surface area contributed by atoms with E-state index in [2.05, 4.69) is 35.7 Å². The monoisotopic (exact) mass is 813 g/mol. The number of carbonyl (C=O) groups is 3. The highest BCUT2D eigenvalue weighted by Crippen LogP contribution is 2.33. The molecule has 0 aromatic carbocycles. The van der Waals surface area contributed by atoms with Crippen molar-refractivity contribution >= 4 is 53.2 Å². The zero-order chi connectivity index (χ0) is 39.1. The van der Waals surface area contributed by atoms with Crippen molar-refractivity contribution in [3.63, 3.8) is 0 Å². The van der Waals surface area contributed by atoms with E-state index >= 15 is 0 Å². The number of hydrogen-bond acceptors (Lipinski definition) is 16. The van der Waals surface area contributed by atoms with E-state index in [0.29, 0.717) is 68.2 Å². The number of amides is 3. The molecule has 3 amide bonds. The number of thioether (sulfide) groups is 1. The summed E-state index contributed by atoms with van der Waals surface area (Å²) < 4.78 is 27.3. The lowest BCUT2D eigenvalue weighted by atomic mass is 10.0. The third-order valence-electron chi connectivity index (χ3n) is 9.51. The molecule has 0 radical (unpaired) electrons. The predicted molar refractivity (Wildman–Crippen MR) is 210 cm³/mol. The zero-order valence-corrected chi connectivity index (χ0v) is 33.5. The van der Waals surface area contributed by atoms with Gasteiger partial charge in [-0.15, -0.1) is 0 Å². The van der Waals surface area contributed by atoms with E-state index in [1.54, 1.807) is 24.4 Å². The third-order valence-corrected chi connectivity index (χ3v) is 12.2. The van der Waals surface area contributed by atoms with Crippen LogP contribution in [0, 0.1) is 13.8 Å². The second kappa shape index (κ2) is 21.5. The van der Waals surface area contributed by atoms with Crippen LogP contribution in [0.2, 0.25) is 0 Å². The van der Waals surface area contributed by atoms with E-state index in [1.807, 2.05) is 25.6 Å². The Kier molecular flexibility index (Phi) is 16.0. The molecule has 3 unspecified atom stereocenters. The number of rotatable bonds is 22. The van der Waals surface area contributed by atoms with Crippen molar-refractivity contribution in [1.82, 2.24) is 35.5 Å². The lowest BCUT2D eigenvalue weighted by molar-refractivity contribution is -0.145. The minimum Gasteiger partial charge on any atom is -0.463 e. The lowest BCUT2D eigenvalue weighted by Gasteiger charge is -2.34. The number of fused-ring (bicyclic) bond motifs is 1. The lowest BCUT2D eigenvalue weighted by Crippen LogP contribution is -2.48. The number of hydrogen-bond donors (Lipinski definition) is 3. The Morgan fingerprint density at radius 3 is 2.41 bits per heavy atom. The second-order valence-corrected chi connectivity index (χ2v) is 15.8. The van der Waals surface area contributed by atoms with Gasteiger partial charge in [0.1, 0.15) is 12.4 Å². The quantitative estimate of drug-likeness (QED) is 0.0578. The number of carbonyl (C=O) groups excluding carboxylic acids is 3. The predicted octanol–water partition coefficient (Wildman–Crippen LogP) is 3.32. The normalized spacial score (nSPS) is 19.4. The molecule has 6 rings (SSSR count). The van der Waals surface area contributed by atoms with Crippen LogP contribution >= 0.6 is 23.5 Å². The number of aryl methyl sites for hydroxylation is 2. The third kappa shape index (κ3) is 12.5. The molecule has 3 aromatic heterocycles. The number of furan rings is 1. The van der Waals surface area contributed by atoms with E-state index in [-0.39, 0.29) is 42.4 Å². The van der Waals surface area contributed by atoms with Crippen molar-refractivity contribution in [1.29, 1.82) is 0 Å². The smallest absolute Gasteiger partial charge is 0.315 e. The van der Waals surface area contributed by atoms with Crippen LogP contribution in [0.3, 0.4) is 0 Å². The van der Waals surface area contributed by atoms with Crippen LogP contribution in [-0.4, -0.2) is 145 Å². The summed E-state index contributed by atoms with van der Waals surface area (Å²) in [6, 6.07) is 5.23. The van der Waals surface area contributed by atoms with Crippen molar-refractivity contribution in [3.8, 4) is 0 Å². The summed E-state index contributed by atoms with van der Waals surface area (Å²) in [6.45, 7) is 11.2. The van der Waals surface area contributed by atoms with Crippen LogP contribution in [0.1, 0.15) is 47.6 Å². The van der Waals surface area contributed by atoms with Crippen molar-refractivity contribution in [2.45, 2.75) is 66.9 Å². The average Bonchev–Trinajstić information content (AvgIpc) is 3.95. The second-order valence-electron chi connectivity index (χ2n) is 13.5. The van der Waals surface area contributed by atoms with Crippen LogP contribution in [0.15, 0.2) is 45.1 Å². The molecule has 17 nitrogen and oxygen atoms in total. The molecule has 3 saturated heterocycles. The maximum Gasteiger partial charge on any atom is 0.315 e. The molecule has 3 aromatic rings. The Hall–Kier alpha value is -4.01. The Bertz CT molecular complexity index is 1710. The standard InChI is InChI=1S/C37H51N9O8S2/c1-25-33(56-37-38-10-9-30(43-37)42-34(48)28-6-5-16-53-28)26(2)40-35(39-25)46-13-11-45(12-14-46)15-17-50-18-19-51-20-21-52-22-23-54-31(47)8-4-3-7-29-32-27(24-55-29)41-36(49)44-32/h5-6,9-10,16,27,29,32H,3-4,7-8,11-15,17-24H2,1-2H3,(H2,41,44,49)(H,38,42,43,48). The first-order valence-electron chi connectivity index (χ1n) is 19.1. The Morgan fingerprint density at radius 2 is 1.68 bits per heavy atom. The van der Waals surface area contributed by atoms with Crippen molar-refractivity contribution in [2.75, 3.05) is 94.9 Å². The van der Waals surface area contributed by atoms with Crippen molar-refractivity contribution < 1.29 is 37.7 Å². The first-order valence-corrected chi connectivity index (χ1v) is 20.9. The topological polar surface area (TPSA) is 195 Å². The molecule has 3 fully saturated rings. The number of aromatic nitrogens is 4. The number of piperazine rings is 1. The summed E-state index contributed by atoms with van der Waals surface area (Å²) in [5.74, 6) is 1.65. The molecule has 0 aliphatic carbocycles. The summed E-state index contributed by atoms with van der Waals surface area (Å²) >= 11 is 3.25. The summed E-state index contributed by atoms with van der Waals surface area (Å²) in [5.41, 5.74) is 1.68. The van der Waals surface area contributed by atoms with E-state index in [1.165, 1.54) is 18.0 Å². The van der Waals surface area contributed by atoms with Crippen LogP contribution in [-0.2, 0) is 23.7 Å². The summed E-state index contributed by atoms with van der Waals surface area (Å²) in [4.78, 5) is 59.8. The number of esters is 1. The van der Waals surface area contributed by atoms with Gasteiger partial charge in [0.05, 0.1) is 74.3 Å². The average molecular weight is 814 g/mol. The summed E-state index contributed by atoms with van der Waals surface area (Å²) in [7, 11) is 0. The van der Waals surface area contributed by atoms with Crippen molar-refractivity contribution in [2.24, 2.45) is 0 Å². The number of ether oxygens (including phenoxy) is 4. The molecule has 3 aliphatic heterocycles. The maximum atomic E-state index is 12.3. The SMILES string of the molecule is Cc1nc(N2CCN(CCOCCOCCOCCOC(=O)CCCCC3SCC4NC(=O)NC43)CC2)nc(C)c1Sc1nccc(NC(=O)c2ccco2)n1. The Balaban J connectivity index is 0.755. The van der Waals surface area contributed by atoms with Gasteiger partial charge in [-0.05, 0) is 56.7 Å². The van der Waals surface area contributed by atoms with E-state index in [0.717, 1.165) is 74.0 Å². The Morgan fingerprint density at radius 1 is 0.946 bits per heavy atom. The number of nitrogens with one attached hydrogen (secondary N) is 3. The first-order chi connectivity index (χ1) is 27.3. The summed E-state index contributed by atoms with van der Waals surface area (Å²) in [6.07, 6.45) is 6.13. The fraction of sp³-hybridized carbons (Fsp3) is 0.595. The molecular weight excluding hydrogens is 763 g/mol. The van der Waals surface area contributed by atoms with Gasteiger partial charge in [0.25, 0.3) is 5.91 Å². The van der Waals surface area contributed by atoms with E-state index in [9.17, 15) is 14.4 Å². The Labute approximate surface area is 335 Å². The molecule has 19 heteroatoms. The molecule has 0 saturated carbocycles. The highest BCUT2D eigenvalue weighted by molar-refractivity contribution is 8.00. The van der Waals surface area contributed by atoms with Crippen molar-refractivity contribution in [3.05, 3.63) is 47.8 Å². The maximum absolute atomic E-state index is 12.3. The fourth-order valence-corrected chi connectivity index (χ4v) is 8.94. The molecule has 3 N–H and O–H groups in total. The van der Waals surface area contributed by atoms with Crippen LogP contribution in [0.25, 0.3) is 0 Å². The number of urea groups is 1. The molecule has 3 atom stereocenters. The molecule has 3 aliphatic rings. The van der Waals surface area contributed by atoms with Gasteiger partial charge in [-0.2, -0.15) is 11.8 Å². The molecule has 304 valence electrons. The van der Waals surface area contributed by atoms with Crippen LogP contribution in [0.4, 0.5) is 16.6 Å². The van der Waals surface area contributed by atoms with Gasteiger partial charge in [0.15, 0.2) is 10.9 Å².